The van der Waals surface area contributed by atoms with E-state index < -0.39 is 0 Å². The van der Waals surface area contributed by atoms with E-state index in [1.54, 1.807) is 0 Å². The molecule has 0 aromatic heterocycles. The zero-order chi connectivity index (χ0) is 12.9. The van der Waals surface area contributed by atoms with Crippen LogP contribution in [0.4, 0.5) is 0 Å². The van der Waals surface area contributed by atoms with Crippen LogP contribution in [-0.2, 0) is 9.53 Å². The number of esters is 1. The molecular weight excluding hydrogens is 228 g/mol. The number of aliphatic hydroxyl groups excluding tert-OH is 1. The van der Waals surface area contributed by atoms with E-state index in [2.05, 4.69) is 13.2 Å². The number of hydrogen-bond acceptors (Lipinski definition) is 3. The summed E-state index contributed by atoms with van der Waals surface area (Å²) in [4.78, 5) is 11.8. The van der Waals surface area contributed by atoms with Crippen LogP contribution in [0.5, 0.6) is 0 Å². The van der Waals surface area contributed by atoms with Crippen molar-refractivity contribution in [1.82, 2.24) is 0 Å². The van der Waals surface area contributed by atoms with Gasteiger partial charge in [0, 0.05) is 11.8 Å². The van der Waals surface area contributed by atoms with Gasteiger partial charge >= 0.3 is 5.97 Å². The second-order valence-corrected chi connectivity index (χ2v) is 5.88. The molecule has 0 amide bonds. The van der Waals surface area contributed by atoms with Crippen LogP contribution in [0.25, 0.3) is 0 Å². The summed E-state index contributed by atoms with van der Waals surface area (Å²) in [6.45, 7) is 8.26. The molecule has 0 aromatic carbocycles. The molecular formula is C15H20O3. The first kappa shape index (κ1) is 12.0. The van der Waals surface area contributed by atoms with Gasteiger partial charge in [-0.3, -0.25) is 4.79 Å². The van der Waals surface area contributed by atoms with Gasteiger partial charge in [-0.15, -0.1) is 0 Å². The van der Waals surface area contributed by atoms with Crippen molar-refractivity contribution < 1.29 is 14.6 Å². The SMILES string of the molecule is C=C1CC[C@H]2C(=C)CC[C@@H]3[C@H](OC(=O)[C@@H]3CO)[C@@H]12. The minimum Gasteiger partial charge on any atom is -0.461 e. The van der Waals surface area contributed by atoms with Crippen LogP contribution in [0, 0.1) is 23.7 Å². The van der Waals surface area contributed by atoms with Crippen LogP contribution >= 0.6 is 0 Å². The molecule has 3 fully saturated rings. The Morgan fingerprint density at radius 2 is 1.94 bits per heavy atom. The smallest absolute Gasteiger partial charge is 0.312 e. The van der Waals surface area contributed by atoms with Gasteiger partial charge in [-0.05, 0) is 31.6 Å². The highest BCUT2D eigenvalue weighted by Gasteiger charge is 2.53. The van der Waals surface area contributed by atoms with Crippen molar-refractivity contribution in [2.75, 3.05) is 6.61 Å². The van der Waals surface area contributed by atoms with Gasteiger partial charge < -0.3 is 9.84 Å². The molecule has 2 aliphatic carbocycles. The summed E-state index contributed by atoms with van der Waals surface area (Å²) in [6, 6.07) is 0. The fourth-order valence-corrected chi connectivity index (χ4v) is 4.06. The second-order valence-electron chi connectivity index (χ2n) is 5.88. The Balaban J connectivity index is 1.96. The van der Waals surface area contributed by atoms with Crippen LogP contribution in [0.1, 0.15) is 25.7 Å². The summed E-state index contributed by atoms with van der Waals surface area (Å²) >= 11 is 0. The highest BCUT2D eigenvalue weighted by molar-refractivity contribution is 5.75. The van der Waals surface area contributed by atoms with E-state index in [4.69, 9.17) is 4.74 Å². The molecule has 3 nitrogen and oxygen atoms in total. The standard InChI is InChI=1S/C15H20O3/c1-8-3-6-11-12(7-16)15(17)18-14(11)13-9(2)4-5-10(8)13/h10-14,16H,1-7H2/t10-,11-,12+,13-,14-/m0/s1. The van der Waals surface area contributed by atoms with Crippen LogP contribution in [0.15, 0.2) is 24.3 Å². The lowest BCUT2D eigenvalue weighted by Crippen LogP contribution is -2.30. The molecule has 3 heteroatoms. The third kappa shape index (κ3) is 1.57. The van der Waals surface area contributed by atoms with E-state index in [1.807, 2.05) is 0 Å². The van der Waals surface area contributed by atoms with Crippen LogP contribution in [0.2, 0.25) is 0 Å². The minimum atomic E-state index is -0.338. The molecule has 0 radical (unpaired) electrons. The van der Waals surface area contributed by atoms with Crippen LogP contribution in [-0.4, -0.2) is 23.8 Å². The van der Waals surface area contributed by atoms with Gasteiger partial charge in [-0.1, -0.05) is 24.3 Å². The van der Waals surface area contributed by atoms with Gasteiger partial charge in [-0.25, -0.2) is 0 Å². The molecule has 3 aliphatic rings. The Labute approximate surface area is 108 Å². The quantitative estimate of drug-likeness (QED) is 0.571. The first-order valence-corrected chi connectivity index (χ1v) is 6.80. The fraction of sp³-hybridized carbons (Fsp3) is 0.667. The highest BCUT2D eigenvalue weighted by Crippen LogP contribution is 2.52. The van der Waals surface area contributed by atoms with Gasteiger partial charge in [-0.2, -0.15) is 0 Å². The Kier molecular flexibility index (Phi) is 2.81. The molecule has 0 unspecified atom stereocenters. The molecule has 0 spiro atoms. The first-order valence-electron chi connectivity index (χ1n) is 6.80. The number of allylic oxidation sites excluding steroid dienone is 1. The zero-order valence-corrected chi connectivity index (χ0v) is 10.6. The number of rotatable bonds is 1. The maximum Gasteiger partial charge on any atom is 0.312 e. The topological polar surface area (TPSA) is 46.5 Å². The zero-order valence-electron chi connectivity index (χ0n) is 10.6. The number of aliphatic hydroxyl groups is 1. The van der Waals surface area contributed by atoms with Gasteiger partial charge in [0.15, 0.2) is 0 Å². The predicted molar refractivity (Wildman–Crippen MR) is 67.7 cm³/mol. The lowest BCUT2D eigenvalue weighted by atomic mass is 9.80. The van der Waals surface area contributed by atoms with Crippen LogP contribution < -0.4 is 0 Å². The molecule has 1 saturated heterocycles. The van der Waals surface area contributed by atoms with E-state index in [1.165, 1.54) is 11.1 Å². The summed E-state index contributed by atoms with van der Waals surface area (Å²) in [6.07, 6.45) is 3.88. The maximum atomic E-state index is 11.8. The molecule has 3 rings (SSSR count). The fourth-order valence-electron chi connectivity index (χ4n) is 4.06. The number of carbonyl (C=O) groups excluding carboxylic acids is 1. The maximum absolute atomic E-state index is 11.8. The van der Waals surface area contributed by atoms with Crippen molar-refractivity contribution >= 4 is 5.97 Å². The Hall–Kier alpha value is -1.09. The van der Waals surface area contributed by atoms with Crippen molar-refractivity contribution in [1.29, 1.82) is 0 Å². The van der Waals surface area contributed by atoms with Gasteiger partial charge in [0.05, 0.1) is 12.5 Å². The van der Waals surface area contributed by atoms with Crippen molar-refractivity contribution in [3.05, 3.63) is 24.3 Å². The monoisotopic (exact) mass is 248 g/mol. The van der Waals surface area contributed by atoms with E-state index in [9.17, 15) is 9.90 Å². The van der Waals surface area contributed by atoms with E-state index >= 15 is 0 Å². The lowest BCUT2D eigenvalue weighted by Gasteiger charge is -2.26. The highest BCUT2D eigenvalue weighted by atomic mass is 16.6. The molecule has 1 heterocycles. The average molecular weight is 248 g/mol. The molecule has 0 aromatic rings. The van der Waals surface area contributed by atoms with Crippen LogP contribution in [0.3, 0.4) is 0 Å². The van der Waals surface area contributed by atoms with Crippen molar-refractivity contribution in [3.63, 3.8) is 0 Å². The summed E-state index contributed by atoms with van der Waals surface area (Å²) < 4.78 is 5.58. The first-order chi connectivity index (χ1) is 8.63. The van der Waals surface area contributed by atoms with E-state index in [0.29, 0.717) is 5.92 Å². The Morgan fingerprint density at radius 1 is 1.22 bits per heavy atom. The third-order valence-electron chi connectivity index (χ3n) is 5.05. The number of carbonyl (C=O) groups is 1. The minimum absolute atomic E-state index is 0.0751. The van der Waals surface area contributed by atoms with Crippen molar-refractivity contribution in [3.8, 4) is 0 Å². The largest absolute Gasteiger partial charge is 0.461 e. The second kappa shape index (κ2) is 4.23. The number of fused-ring (bicyclic) bond motifs is 3. The average Bonchev–Trinajstić information content (AvgIpc) is 2.82. The molecule has 1 N–H and O–H groups in total. The van der Waals surface area contributed by atoms with Crippen molar-refractivity contribution in [2.45, 2.75) is 31.8 Å². The third-order valence-corrected chi connectivity index (χ3v) is 5.05. The van der Waals surface area contributed by atoms with Gasteiger partial charge in [0.2, 0.25) is 0 Å². The molecule has 0 bridgehead atoms. The van der Waals surface area contributed by atoms with E-state index in [0.717, 1.165) is 25.7 Å². The molecule has 1 aliphatic heterocycles. The molecule has 98 valence electrons. The number of hydrogen-bond donors (Lipinski definition) is 1. The molecule has 5 atom stereocenters. The summed E-state index contributed by atoms with van der Waals surface area (Å²) in [5, 5.41) is 9.39. The Morgan fingerprint density at radius 3 is 2.67 bits per heavy atom. The summed E-state index contributed by atoms with van der Waals surface area (Å²) in [5.74, 6) is 0.251. The lowest BCUT2D eigenvalue weighted by molar-refractivity contribution is -0.146. The van der Waals surface area contributed by atoms with Gasteiger partial charge in [0.25, 0.3) is 0 Å². The van der Waals surface area contributed by atoms with E-state index in [-0.39, 0.29) is 36.4 Å². The van der Waals surface area contributed by atoms with Gasteiger partial charge in [0.1, 0.15) is 6.10 Å². The van der Waals surface area contributed by atoms with Crippen molar-refractivity contribution in [2.24, 2.45) is 23.7 Å². The summed E-state index contributed by atoms with van der Waals surface area (Å²) in [5.41, 5.74) is 2.48. The molecule has 18 heavy (non-hydrogen) atoms. The summed E-state index contributed by atoms with van der Waals surface area (Å²) in [7, 11) is 0. The number of ether oxygens (including phenoxy) is 1. The predicted octanol–water partition coefficient (Wildman–Crippen LogP) is 2.07. The normalized spacial score (nSPS) is 43.4. The molecule has 2 saturated carbocycles. The Bertz CT molecular complexity index is 412.